The molecule has 3 aromatic rings. The minimum absolute atomic E-state index is 0.101. The Labute approximate surface area is 125 Å². The van der Waals surface area contributed by atoms with Crippen LogP contribution in [0, 0.1) is 18.4 Å². The van der Waals surface area contributed by atoms with Crippen molar-refractivity contribution in [3.63, 3.8) is 0 Å². The Balaban J connectivity index is 2.36. The van der Waals surface area contributed by atoms with Gasteiger partial charge in [-0.05, 0) is 12.5 Å². The second-order valence-corrected chi connectivity index (χ2v) is 4.99. The molecule has 0 atom stereocenters. The van der Waals surface area contributed by atoms with Crippen LogP contribution in [-0.2, 0) is 13.6 Å². The van der Waals surface area contributed by atoms with Crippen LogP contribution in [0.5, 0.6) is 0 Å². The van der Waals surface area contributed by atoms with Crippen molar-refractivity contribution < 1.29 is 0 Å². The minimum atomic E-state index is -0.690. The summed E-state index contributed by atoms with van der Waals surface area (Å²) in [5.41, 5.74) is 0.211. The van der Waals surface area contributed by atoms with Gasteiger partial charge >= 0.3 is 5.69 Å². The fourth-order valence-electron chi connectivity index (χ4n) is 2.45. The summed E-state index contributed by atoms with van der Waals surface area (Å²) < 4.78 is 3.49. The quantitative estimate of drug-likeness (QED) is 0.692. The molecule has 7 nitrogen and oxygen atoms in total. The molecule has 22 heavy (non-hydrogen) atoms. The number of imidazole rings is 1. The molecular formula is C15H13N5O2. The Hall–Kier alpha value is -3.14. The van der Waals surface area contributed by atoms with Crippen LogP contribution in [0.25, 0.3) is 11.2 Å². The highest BCUT2D eigenvalue weighted by molar-refractivity contribution is 5.72. The van der Waals surface area contributed by atoms with Crippen molar-refractivity contribution in [2.24, 2.45) is 7.05 Å². The van der Waals surface area contributed by atoms with Crippen LogP contribution in [0.4, 0.5) is 0 Å². The topological polar surface area (TPSA) is 85.6 Å². The molecule has 3 rings (SSSR count). The highest BCUT2D eigenvalue weighted by atomic mass is 16.2. The number of aryl methyl sites for hydroxylation is 1. The third-order valence-corrected chi connectivity index (χ3v) is 3.62. The first kappa shape index (κ1) is 13.8. The number of fused-ring (bicyclic) bond motifs is 1. The molecule has 1 aromatic carbocycles. The van der Waals surface area contributed by atoms with Crippen molar-refractivity contribution in [3.05, 3.63) is 62.6 Å². The van der Waals surface area contributed by atoms with Gasteiger partial charge in [-0.3, -0.25) is 9.36 Å². The van der Waals surface area contributed by atoms with Gasteiger partial charge in [-0.2, -0.15) is 9.83 Å². The van der Waals surface area contributed by atoms with Gasteiger partial charge < -0.3 is 4.57 Å². The molecule has 2 aromatic heterocycles. The van der Waals surface area contributed by atoms with Gasteiger partial charge in [0, 0.05) is 13.6 Å². The van der Waals surface area contributed by atoms with E-state index >= 15 is 0 Å². The molecule has 0 aliphatic heterocycles. The van der Waals surface area contributed by atoms with E-state index in [1.807, 2.05) is 30.3 Å². The van der Waals surface area contributed by atoms with Crippen molar-refractivity contribution in [1.29, 1.82) is 5.26 Å². The fraction of sp³-hybridized carbons (Fsp3) is 0.200. The number of benzene rings is 1. The van der Waals surface area contributed by atoms with E-state index in [4.69, 9.17) is 0 Å². The van der Waals surface area contributed by atoms with Crippen LogP contribution in [-0.4, -0.2) is 18.7 Å². The van der Waals surface area contributed by atoms with E-state index in [1.54, 1.807) is 17.7 Å². The summed E-state index contributed by atoms with van der Waals surface area (Å²) >= 11 is 0. The van der Waals surface area contributed by atoms with Gasteiger partial charge in [-0.25, -0.2) is 9.78 Å². The molecule has 0 N–H and O–H groups in total. The molecule has 0 saturated heterocycles. The molecule has 0 aliphatic rings. The fourth-order valence-corrected chi connectivity index (χ4v) is 2.45. The highest BCUT2D eigenvalue weighted by Crippen LogP contribution is 2.13. The lowest BCUT2D eigenvalue weighted by molar-refractivity contribution is 0.736. The summed E-state index contributed by atoms with van der Waals surface area (Å²) in [7, 11) is 1.35. The molecule has 0 unspecified atom stereocenters. The van der Waals surface area contributed by atoms with E-state index in [0.29, 0.717) is 12.4 Å². The molecule has 0 aliphatic carbocycles. The van der Waals surface area contributed by atoms with Crippen molar-refractivity contribution in [3.8, 4) is 6.19 Å². The van der Waals surface area contributed by atoms with E-state index < -0.39 is 11.2 Å². The Morgan fingerprint density at radius 2 is 1.91 bits per heavy atom. The summed E-state index contributed by atoms with van der Waals surface area (Å²) in [6.45, 7) is 2.19. The van der Waals surface area contributed by atoms with Gasteiger partial charge in [0.2, 0.25) is 0 Å². The third-order valence-electron chi connectivity index (χ3n) is 3.62. The van der Waals surface area contributed by atoms with Crippen LogP contribution >= 0.6 is 0 Å². The van der Waals surface area contributed by atoms with Gasteiger partial charge in [0.1, 0.15) is 5.82 Å². The maximum absolute atomic E-state index is 12.4. The lowest BCUT2D eigenvalue weighted by atomic mass is 10.2. The zero-order chi connectivity index (χ0) is 15.9. The maximum Gasteiger partial charge on any atom is 0.346 e. The molecule has 0 fully saturated rings. The predicted molar refractivity (Wildman–Crippen MR) is 80.5 cm³/mol. The second kappa shape index (κ2) is 5.00. The van der Waals surface area contributed by atoms with Gasteiger partial charge in [0.25, 0.3) is 5.56 Å². The van der Waals surface area contributed by atoms with Gasteiger partial charge in [-0.15, -0.1) is 0 Å². The average Bonchev–Trinajstić information content (AvgIpc) is 2.83. The smallest absolute Gasteiger partial charge is 0.318 e. The summed E-state index contributed by atoms with van der Waals surface area (Å²) in [6.07, 6.45) is 1.78. The van der Waals surface area contributed by atoms with E-state index in [-0.39, 0.29) is 11.2 Å². The van der Waals surface area contributed by atoms with Gasteiger partial charge in [0.15, 0.2) is 17.4 Å². The predicted octanol–water partition coefficient (Wildman–Crippen LogP) is 0.583. The van der Waals surface area contributed by atoms with E-state index in [0.717, 1.165) is 14.7 Å². The lowest BCUT2D eigenvalue weighted by Crippen LogP contribution is -2.37. The van der Waals surface area contributed by atoms with E-state index in [2.05, 4.69) is 4.98 Å². The first-order valence-corrected chi connectivity index (χ1v) is 6.67. The molecule has 2 heterocycles. The van der Waals surface area contributed by atoms with Crippen molar-refractivity contribution in [2.75, 3.05) is 0 Å². The van der Waals surface area contributed by atoms with Gasteiger partial charge in [0.05, 0.1) is 0 Å². The van der Waals surface area contributed by atoms with Gasteiger partial charge in [-0.1, -0.05) is 30.3 Å². The summed E-state index contributed by atoms with van der Waals surface area (Å²) in [5, 5.41) is 9.17. The van der Waals surface area contributed by atoms with Crippen LogP contribution in [0.3, 0.4) is 0 Å². The Bertz CT molecular complexity index is 1020. The number of rotatable bonds is 2. The Kier molecular flexibility index (Phi) is 3.14. The number of aromatic nitrogens is 4. The standard InChI is InChI=1S/C15H13N5O2/c1-10-17-13-12(14(21)18(2)15(22)20(13)9-16)19(10)8-11-6-4-3-5-7-11/h3-7H,8H2,1-2H3. The molecule has 0 radical (unpaired) electrons. The van der Waals surface area contributed by atoms with E-state index in [1.165, 1.54) is 7.05 Å². The molecule has 0 spiro atoms. The molecule has 0 saturated carbocycles. The Morgan fingerprint density at radius 3 is 2.55 bits per heavy atom. The van der Waals surface area contributed by atoms with Crippen LogP contribution < -0.4 is 11.2 Å². The van der Waals surface area contributed by atoms with Crippen molar-refractivity contribution in [2.45, 2.75) is 13.5 Å². The summed E-state index contributed by atoms with van der Waals surface area (Å²) in [6, 6.07) is 9.61. The van der Waals surface area contributed by atoms with Crippen molar-refractivity contribution in [1.82, 2.24) is 18.7 Å². The Morgan fingerprint density at radius 1 is 1.23 bits per heavy atom. The monoisotopic (exact) mass is 295 g/mol. The zero-order valence-electron chi connectivity index (χ0n) is 12.1. The zero-order valence-corrected chi connectivity index (χ0v) is 12.1. The molecule has 7 heteroatoms. The SMILES string of the molecule is Cc1nc2c(c(=O)n(C)c(=O)n2C#N)n1Cc1ccccc1. The largest absolute Gasteiger partial charge is 0.346 e. The summed E-state index contributed by atoms with van der Waals surface area (Å²) in [4.78, 5) is 28.6. The number of hydrogen-bond acceptors (Lipinski definition) is 4. The number of nitrogens with zero attached hydrogens (tertiary/aromatic N) is 5. The first-order valence-electron chi connectivity index (χ1n) is 6.67. The highest BCUT2D eigenvalue weighted by Gasteiger charge is 2.18. The first-order chi connectivity index (χ1) is 10.5. The number of hydrogen-bond donors (Lipinski definition) is 0. The van der Waals surface area contributed by atoms with Crippen LogP contribution in [0.2, 0.25) is 0 Å². The van der Waals surface area contributed by atoms with Crippen LogP contribution in [0.15, 0.2) is 39.9 Å². The third kappa shape index (κ3) is 1.93. The summed E-state index contributed by atoms with van der Waals surface area (Å²) in [5.74, 6) is 0.575. The molecule has 110 valence electrons. The maximum atomic E-state index is 12.4. The molecule has 0 bridgehead atoms. The van der Waals surface area contributed by atoms with E-state index in [9.17, 15) is 14.9 Å². The lowest BCUT2D eigenvalue weighted by Gasteiger charge is -2.07. The normalized spacial score (nSPS) is 10.8. The minimum Gasteiger partial charge on any atom is -0.318 e. The molecular weight excluding hydrogens is 282 g/mol. The second-order valence-electron chi connectivity index (χ2n) is 4.99. The number of nitriles is 1. The van der Waals surface area contributed by atoms with Crippen LogP contribution in [0.1, 0.15) is 11.4 Å². The molecule has 0 amide bonds. The average molecular weight is 295 g/mol. The van der Waals surface area contributed by atoms with Crippen molar-refractivity contribution >= 4 is 11.2 Å².